The van der Waals surface area contributed by atoms with E-state index in [-0.39, 0.29) is 10.6 Å². The Labute approximate surface area is 116 Å². The third kappa shape index (κ3) is 3.03. The van der Waals surface area contributed by atoms with Crippen LogP contribution in [0.15, 0.2) is 28.9 Å². The lowest BCUT2D eigenvalue weighted by Gasteiger charge is -2.04. The van der Waals surface area contributed by atoms with Crippen LogP contribution in [0.25, 0.3) is 11.3 Å². The highest BCUT2D eigenvalue weighted by molar-refractivity contribution is 5.65. The Balaban J connectivity index is 2.30. The van der Waals surface area contributed by atoms with E-state index in [1.165, 1.54) is 6.07 Å². The standard InChI is InChI=1S/C14H17N3O3/c1-3-6-15-8-12-9-16-20-14(12)11-5-4-10(2)13(7-11)17(18)19/h4-5,7,9,15H,3,6,8H2,1-2H3. The summed E-state index contributed by atoms with van der Waals surface area (Å²) in [6.45, 7) is 5.34. The summed E-state index contributed by atoms with van der Waals surface area (Å²) in [7, 11) is 0. The Morgan fingerprint density at radius 1 is 1.45 bits per heavy atom. The maximum absolute atomic E-state index is 11.0. The van der Waals surface area contributed by atoms with Crippen LogP contribution >= 0.6 is 0 Å². The molecular weight excluding hydrogens is 258 g/mol. The van der Waals surface area contributed by atoms with Crippen LogP contribution in [0.5, 0.6) is 0 Å². The van der Waals surface area contributed by atoms with Gasteiger partial charge in [-0.1, -0.05) is 24.2 Å². The van der Waals surface area contributed by atoms with E-state index < -0.39 is 0 Å². The molecule has 0 spiro atoms. The predicted octanol–water partition coefficient (Wildman–Crippen LogP) is 3.06. The van der Waals surface area contributed by atoms with Crippen LogP contribution in [0.4, 0.5) is 5.69 Å². The lowest BCUT2D eigenvalue weighted by molar-refractivity contribution is -0.385. The van der Waals surface area contributed by atoms with Crippen LogP contribution in [0.3, 0.4) is 0 Å². The molecule has 1 heterocycles. The van der Waals surface area contributed by atoms with E-state index in [2.05, 4.69) is 17.4 Å². The summed E-state index contributed by atoms with van der Waals surface area (Å²) < 4.78 is 5.24. The second-order valence-electron chi connectivity index (χ2n) is 4.62. The van der Waals surface area contributed by atoms with Crippen molar-refractivity contribution < 1.29 is 9.45 Å². The topological polar surface area (TPSA) is 81.2 Å². The number of rotatable bonds is 6. The number of nitro groups is 1. The first-order valence-electron chi connectivity index (χ1n) is 6.53. The summed E-state index contributed by atoms with van der Waals surface area (Å²) in [5, 5.41) is 18.0. The maximum atomic E-state index is 11.0. The minimum Gasteiger partial charge on any atom is -0.356 e. The zero-order valence-electron chi connectivity index (χ0n) is 11.5. The van der Waals surface area contributed by atoms with Gasteiger partial charge in [0.2, 0.25) is 0 Å². The van der Waals surface area contributed by atoms with Gasteiger partial charge < -0.3 is 9.84 Å². The molecular formula is C14H17N3O3. The lowest BCUT2D eigenvalue weighted by atomic mass is 10.1. The van der Waals surface area contributed by atoms with Gasteiger partial charge >= 0.3 is 0 Å². The van der Waals surface area contributed by atoms with Gasteiger partial charge in [0.25, 0.3) is 5.69 Å². The van der Waals surface area contributed by atoms with E-state index in [1.54, 1.807) is 19.2 Å². The molecule has 0 aliphatic heterocycles. The summed E-state index contributed by atoms with van der Waals surface area (Å²) in [4.78, 5) is 10.6. The predicted molar refractivity (Wildman–Crippen MR) is 75.3 cm³/mol. The first-order valence-corrected chi connectivity index (χ1v) is 6.53. The van der Waals surface area contributed by atoms with E-state index in [1.807, 2.05) is 6.07 Å². The van der Waals surface area contributed by atoms with Crippen LogP contribution in [-0.2, 0) is 6.54 Å². The maximum Gasteiger partial charge on any atom is 0.273 e. The summed E-state index contributed by atoms with van der Waals surface area (Å²) in [6.07, 6.45) is 2.68. The van der Waals surface area contributed by atoms with Gasteiger partial charge in [0.05, 0.1) is 11.1 Å². The van der Waals surface area contributed by atoms with Crippen molar-refractivity contribution in [2.24, 2.45) is 0 Å². The van der Waals surface area contributed by atoms with Crippen molar-refractivity contribution >= 4 is 5.69 Å². The van der Waals surface area contributed by atoms with Crippen molar-refractivity contribution in [3.63, 3.8) is 0 Å². The molecule has 1 aromatic heterocycles. The Bertz CT molecular complexity index is 607. The number of nitro benzene ring substituents is 1. The molecule has 2 rings (SSSR count). The van der Waals surface area contributed by atoms with E-state index in [9.17, 15) is 10.1 Å². The molecule has 0 aliphatic rings. The van der Waals surface area contributed by atoms with Gasteiger partial charge in [-0.25, -0.2) is 0 Å². The van der Waals surface area contributed by atoms with E-state index in [4.69, 9.17) is 4.52 Å². The van der Waals surface area contributed by atoms with Gasteiger partial charge in [-0.2, -0.15) is 0 Å². The molecule has 0 radical (unpaired) electrons. The second kappa shape index (κ2) is 6.29. The second-order valence-corrected chi connectivity index (χ2v) is 4.62. The van der Waals surface area contributed by atoms with Crippen LogP contribution in [0, 0.1) is 17.0 Å². The van der Waals surface area contributed by atoms with Crippen LogP contribution in [-0.4, -0.2) is 16.6 Å². The molecule has 0 atom stereocenters. The van der Waals surface area contributed by atoms with Crippen LogP contribution in [0.2, 0.25) is 0 Å². The molecule has 6 heteroatoms. The number of hydrogen-bond donors (Lipinski definition) is 1. The molecule has 2 aromatic rings. The highest BCUT2D eigenvalue weighted by Crippen LogP contribution is 2.29. The van der Waals surface area contributed by atoms with Crippen LogP contribution < -0.4 is 5.32 Å². The smallest absolute Gasteiger partial charge is 0.273 e. The van der Waals surface area contributed by atoms with E-state index >= 15 is 0 Å². The molecule has 0 saturated carbocycles. The van der Waals surface area contributed by atoms with Gasteiger partial charge in [-0.15, -0.1) is 0 Å². The first kappa shape index (κ1) is 14.2. The molecule has 20 heavy (non-hydrogen) atoms. The fourth-order valence-electron chi connectivity index (χ4n) is 1.97. The number of aromatic nitrogens is 1. The molecule has 6 nitrogen and oxygen atoms in total. The van der Waals surface area contributed by atoms with Crippen LogP contribution in [0.1, 0.15) is 24.5 Å². The fraction of sp³-hybridized carbons (Fsp3) is 0.357. The zero-order valence-corrected chi connectivity index (χ0v) is 11.5. The summed E-state index contributed by atoms with van der Waals surface area (Å²) in [5.74, 6) is 0.580. The number of nitrogens with one attached hydrogen (secondary N) is 1. The van der Waals surface area contributed by atoms with Gasteiger partial charge in [-0.05, 0) is 19.9 Å². The number of nitrogens with zero attached hydrogens (tertiary/aromatic N) is 2. The molecule has 0 aliphatic carbocycles. The summed E-state index contributed by atoms with van der Waals surface area (Å²) in [6, 6.07) is 5.06. The molecule has 1 aromatic carbocycles. The largest absolute Gasteiger partial charge is 0.356 e. The van der Waals surface area contributed by atoms with Gasteiger partial charge in [0.1, 0.15) is 0 Å². The third-order valence-corrected chi connectivity index (χ3v) is 3.05. The summed E-state index contributed by atoms with van der Waals surface area (Å²) in [5.41, 5.74) is 2.29. The number of benzene rings is 1. The average Bonchev–Trinajstić information content (AvgIpc) is 2.88. The Kier molecular flexibility index (Phi) is 4.47. The van der Waals surface area contributed by atoms with Crippen molar-refractivity contribution in [3.05, 3.63) is 45.6 Å². The van der Waals surface area contributed by atoms with Crippen molar-refractivity contribution in [2.75, 3.05) is 6.54 Å². The fourth-order valence-corrected chi connectivity index (χ4v) is 1.97. The molecule has 0 unspecified atom stereocenters. The Morgan fingerprint density at radius 2 is 2.25 bits per heavy atom. The Hall–Kier alpha value is -2.21. The monoisotopic (exact) mass is 275 g/mol. The molecule has 0 bridgehead atoms. The van der Waals surface area contributed by atoms with E-state index in [0.717, 1.165) is 18.5 Å². The third-order valence-electron chi connectivity index (χ3n) is 3.05. The molecule has 0 fully saturated rings. The molecule has 0 saturated heterocycles. The van der Waals surface area contributed by atoms with E-state index in [0.29, 0.717) is 23.4 Å². The van der Waals surface area contributed by atoms with Crippen molar-refractivity contribution in [1.29, 1.82) is 0 Å². The highest BCUT2D eigenvalue weighted by atomic mass is 16.6. The summed E-state index contributed by atoms with van der Waals surface area (Å²) >= 11 is 0. The number of hydrogen-bond acceptors (Lipinski definition) is 5. The molecule has 106 valence electrons. The van der Waals surface area contributed by atoms with Gasteiger partial charge in [0, 0.05) is 29.3 Å². The van der Waals surface area contributed by atoms with Crippen molar-refractivity contribution in [3.8, 4) is 11.3 Å². The Morgan fingerprint density at radius 3 is 2.95 bits per heavy atom. The molecule has 1 N–H and O–H groups in total. The quantitative estimate of drug-likeness (QED) is 0.498. The minimum atomic E-state index is -0.385. The van der Waals surface area contributed by atoms with Gasteiger partial charge in [-0.3, -0.25) is 10.1 Å². The number of aryl methyl sites for hydroxylation is 1. The van der Waals surface area contributed by atoms with Gasteiger partial charge in [0.15, 0.2) is 5.76 Å². The minimum absolute atomic E-state index is 0.0892. The molecule has 0 amide bonds. The zero-order chi connectivity index (χ0) is 14.5. The SMILES string of the molecule is CCCNCc1cnoc1-c1ccc(C)c([N+](=O)[O-])c1. The lowest BCUT2D eigenvalue weighted by Crippen LogP contribution is -2.13. The van der Waals surface area contributed by atoms with Crippen molar-refractivity contribution in [2.45, 2.75) is 26.8 Å². The first-order chi connectivity index (χ1) is 9.63. The van der Waals surface area contributed by atoms with Crippen molar-refractivity contribution in [1.82, 2.24) is 10.5 Å². The highest BCUT2D eigenvalue weighted by Gasteiger charge is 2.16. The normalized spacial score (nSPS) is 10.7. The average molecular weight is 275 g/mol.